The molecule has 188 valence electrons. The number of aryl methyl sites for hydroxylation is 1. The van der Waals surface area contributed by atoms with Crippen molar-refractivity contribution in [3.63, 3.8) is 0 Å². The Balaban J connectivity index is 2.16. The third-order valence-electron chi connectivity index (χ3n) is 5.86. The molecule has 1 saturated heterocycles. The Bertz CT molecular complexity index is 1080. The molecule has 1 N–H and O–H groups in total. The summed E-state index contributed by atoms with van der Waals surface area (Å²) in [6.45, 7) is 6.50. The minimum absolute atomic E-state index is 0.0119. The van der Waals surface area contributed by atoms with Crippen molar-refractivity contribution in [1.29, 1.82) is 0 Å². The fourth-order valence-corrected chi connectivity index (χ4v) is 4.14. The summed E-state index contributed by atoms with van der Waals surface area (Å²) in [4.78, 5) is 27.8. The number of rotatable bonds is 10. The molecular weight excluding hydrogens is 450 g/mol. The van der Waals surface area contributed by atoms with Crippen LogP contribution in [0.25, 0.3) is 5.76 Å². The Morgan fingerprint density at radius 2 is 1.60 bits per heavy atom. The van der Waals surface area contributed by atoms with Gasteiger partial charge >= 0.3 is 0 Å². The minimum atomic E-state index is -0.843. The fourth-order valence-electron chi connectivity index (χ4n) is 4.14. The van der Waals surface area contributed by atoms with Gasteiger partial charge in [0.05, 0.1) is 39.0 Å². The Labute approximate surface area is 206 Å². The van der Waals surface area contributed by atoms with E-state index in [0.29, 0.717) is 41.4 Å². The second kappa shape index (κ2) is 11.3. The minimum Gasteiger partial charge on any atom is -0.507 e. The summed E-state index contributed by atoms with van der Waals surface area (Å²) in [7, 11) is 4.49. The largest absolute Gasteiger partial charge is 0.507 e. The quantitative estimate of drug-likeness (QED) is 0.234. The topological polar surface area (TPSA) is 94.5 Å². The molecule has 1 unspecified atom stereocenters. The first-order valence-electron chi connectivity index (χ1n) is 11.5. The molecule has 1 atom stereocenters. The number of nitrogens with zero attached hydrogens (tertiary/aromatic N) is 1. The highest BCUT2D eigenvalue weighted by molar-refractivity contribution is 6.46. The third-order valence-corrected chi connectivity index (χ3v) is 5.86. The van der Waals surface area contributed by atoms with E-state index >= 15 is 0 Å². The lowest BCUT2D eigenvalue weighted by atomic mass is 9.94. The lowest BCUT2D eigenvalue weighted by Gasteiger charge is -2.26. The molecular formula is C27H33NO7. The van der Waals surface area contributed by atoms with Crippen LogP contribution in [0.5, 0.6) is 17.2 Å². The molecule has 2 aromatic rings. The summed E-state index contributed by atoms with van der Waals surface area (Å²) in [5.74, 6) is -0.506. The Hall–Kier alpha value is -3.52. The number of aliphatic hydroxyl groups is 1. The van der Waals surface area contributed by atoms with E-state index in [1.807, 2.05) is 32.9 Å². The number of amides is 1. The maximum atomic E-state index is 13.2. The van der Waals surface area contributed by atoms with E-state index < -0.39 is 17.7 Å². The highest BCUT2D eigenvalue weighted by Crippen LogP contribution is 2.45. The number of hydrogen-bond acceptors (Lipinski definition) is 7. The molecule has 8 heteroatoms. The number of carbonyl (C=O) groups excluding carboxylic acids is 2. The zero-order chi connectivity index (χ0) is 25.7. The molecule has 35 heavy (non-hydrogen) atoms. The summed E-state index contributed by atoms with van der Waals surface area (Å²) >= 11 is 0. The smallest absolute Gasteiger partial charge is 0.295 e. The van der Waals surface area contributed by atoms with Crippen LogP contribution >= 0.6 is 0 Å². The van der Waals surface area contributed by atoms with E-state index in [2.05, 4.69) is 0 Å². The molecule has 0 radical (unpaired) electrons. The van der Waals surface area contributed by atoms with Crippen molar-refractivity contribution in [3.05, 3.63) is 58.7 Å². The van der Waals surface area contributed by atoms with E-state index in [0.717, 1.165) is 5.56 Å². The molecule has 1 aliphatic heterocycles. The van der Waals surface area contributed by atoms with Crippen molar-refractivity contribution >= 4 is 17.4 Å². The van der Waals surface area contributed by atoms with E-state index in [-0.39, 0.29) is 24.0 Å². The van der Waals surface area contributed by atoms with Gasteiger partial charge in [0.25, 0.3) is 11.7 Å². The normalized spacial score (nSPS) is 17.2. The number of ether oxygens (including phenoxy) is 4. The van der Waals surface area contributed by atoms with Crippen LogP contribution in [0, 0.1) is 6.92 Å². The van der Waals surface area contributed by atoms with Crippen LogP contribution in [0.15, 0.2) is 42.0 Å². The average molecular weight is 484 g/mol. The lowest BCUT2D eigenvalue weighted by Crippen LogP contribution is -2.31. The standard InChI is InChI=1S/C27H33NO7/c1-16(2)35-13-7-12-28-23(19-14-20(32-4)26(34-6)21(15-19)33-5)22(25(30)27(28)31)24(29)18-10-8-17(3)9-11-18/h8-11,14-16,23,29H,7,12-13H2,1-6H3/b24-22+. The fraction of sp³-hybridized carbons (Fsp3) is 0.407. The summed E-state index contributed by atoms with van der Waals surface area (Å²) in [5, 5.41) is 11.2. The van der Waals surface area contributed by atoms with Crippen LogP contribution in [0.3, 0.4) is 0 Å². The van der Waals surface area contributed by atoms with Gasteiger partial charge in [-0.15, -0.1) is 0 Å². The molecule has 8 nitrogen and oxygen atoms in total. The molecule has 1 heterocycles. The molecule has 0 saturated carbocycles. The zero-order valence-electron chi connectivity index (χ0n) is 21.1. The van der Waals surface area contributed by atoms with Crippen molar-refractivity contribution < 1.29 is 33.6 Å². The average Bonchev–Trinajstić information content (AvgIpc) is 3.10. The third kappa shape index (κ3) is 5.43. The van der Waals surface area contributed by atoms with E-state index in [1.165, 1.54) is 26.2 Å². The number of methoxy groups -OCH3 is 3. The van der Waals surface area contributed by atoms with Crippen molar-refractivity contribution in [2.24, 2.45) is 0 Å². The van der Waals surface area contributed by atoms with Gasteiger partial charge in [-0.25, -0.2) is 0 Å². The molecule has 2 aromatic carbocycles. The number of benzene rings is 2. The number of ketones is 1. The summed E-state index contributed by atoms with van der Waals surface area (Å²) < 4.78 is 22.0. The van der Waals surface area contributed by atoms with Crippen LogP contribution in [0.1, 0.15) is 43.0 Å². The van der Waals surface area contributed by atoms with E-state index in [1.54, 1.807) is 24.3 Å². The van der Waals surface area contributed by atoms with Gasteiger partial charge in [-0.1, -0.05) is 29.8 Å². The van der Waals surface area contributed by atoms with Gasteiger partial charge in [0.1, 0.15) is 5.76 Å². The molecule has 0 aliphatic carbocycles. The second-order valence-electron chi connectivity index (χ2n) is 8.59. The molecule has 0 spiro atoms. The molecule has 3 rings (SSSR count). The molecule has 0 bridgehead atoms. The maximum absolute atomic E-state index is 13.2. The monoisotopic (exact) mass is 483 g/mol. The Morgan fingerprint density at radius 3 is 2.11 bits per heavy atom. The van der Waals surface area contributed by atoms with Gasteiger partial charge in [0, 0.05) is 18.7 Å². The highest BCUT2D eigenvalue weighted by atomic mass is 16.5. The van der Waals surface area contributed by atoms with Crippen LogP contribution in [-0.4, -0.2) is 62.3 Å². The maximum Gasteiger partial charge on any atom is 0.295 e. The van der Waals surface area contributed by atoms with Crippen molar-refractivity contribution in [1.82, 2.24) is 4.90 Å². The van der Waals surface area contributed by atoms with Gasteiger partial charge in [-0.05, 0) is 44.9 Å². The highest BCUT2D eigenvalue weighted by Gasteiger charge is 2.46. The van der Waals surface area contributed by atoms with Crippen LogP contribution in [0.4, 0.5) is 0 Å². The zero-order valence-corrected chi connectivity index (χ0v) is 21.1. The molecule has 1 aliphatic rings. The number of likely N-dealkylation sites (tertiary alicyclic amines) is 1. The molecule has 0 aromatic heterocycles. The van der Waals surface area contributed by atoms with Gasteiger partial charge in [0.2, 0.25) is 5.75 Å². The van der Waals surface area contributed by atoms with Crippen LogP contribution in [0.2, 0.25) is 0 Å². The lowest BCUT2D eigenvalue weighted by molar-refractivity contribution is -0.140. The van der Waals surface area contributed by atoms with Gasteiger partial charge in [-0.2, -0.15) is 0 Å². The first-order chi connectivity index (χ1) is 16.7. The number of aliphatic hydroxyl groups excluding tert-OH is 1. The van der Waals surface area contributed by atoms with E-state index in [4.69, 9.17) is 18.9 Å². The van der Waals surface area contributed by atoms with Crippen molar-refractivity contribution in [2.75, 3.05) is 34.5 Å². The number of Topliss-reactive ketones (excluding diaryl/α,β-unsaturated/α-hetero) is 1. The SMILES string of the molecule is COc1cc(C2/C(=C(\O)c3ccc(C)cc3)C(=O)C(=O)N2CCCOC(C)C)cc(OC)c1OC. The molecule has 1 fully saturated rings. The van der Waals surface area contributed by atoms with Crippen LogP contribution in [-0.2, 0) is 14.3 Å². The predicted octanol–water partition coefficient (Wildman–Crippen LogP) is 4.26. The Kier molecular flexibility index (Phi) is 8.40. The number of hydrogen-bond donors (Lipinski definition) is 1. The first-order valence-corrected chi connectivity index (χ1v) is 11.5. The van der Waals surface area contributed by atoms with Gasteiger partial charge in [-0.3, -0.25) is 9.59 Å². The molecule has 1 amide bonds. The Morgan fingerprint density at radius 1 is 1.00 bits per heavy atom. The van der Waals surface area contributed by atoms with Gasteiger partial charge in [0.15, 0.2) is 11.5 Å². The van der Waals surface area contributed by atoms with Gasteiger partial charge < -0.3 is 29.0 Å². The van der Waals surface area contributed by atoms with Crippen molar-refractivity contribution in [2.45, 2.75) is 39.3 Å². The van der Waals surface area contributed by atoms with Crippen molar-refractivity contribution in [3.8, 4) is 17.2 Å². The summed E-state index contributed by atoms with van der Waals surface area (Å²) in [6, 6.07) is 9.66. The predicted molar refractivity (Wildman–Crippen MR) is 132 cm³/mol. The second-order valence-corrected chi connectivity index (χ2v) is 8.59. The number of carbonyl (C=O) groups is 2. The summed E-state index contributed by atoms with van der Waals surface area (Å²) in [6.07, 6.45) is 0.578. The summed E-state index contributed by atoms with van der Waals surface area (Å²) in [5.41, 5.74) is 2.03. The van der Waals surface area contributed by atoms with Crippen LogP contribution < -0.4 is 14.2 Å². The first kappa shape index (κ1) is 26.1. The van der Waals surface area contributed by atoms with E-state index in [9.17, 15) is 14.7 Å².